The van der Waals surface area contributed by atoms with Crippen LogP contribution in [-0.4, -0.2) is 12.2 Å². The summed E-state index contributed by atoms with van der Waals surface area (Å²) < 4.78 is 5.53. The number of ether oxygens (including phenoxy) is 1. The van der Waals surface area contributed by atoms with Gasteiger partial charge in [-0.1, -0.05) is 30.7 Å². The minimum absolute atomic E-state index is 0.486. The second kappa shape index (κ2) is 4.58. The Morgan fingerprint density at radius 3 is 2.50 bits per heavy atom. The maximum atomic E-state index is 5.53. The normalized spacial score (nSPS) is 25.5. The van der Waals surface area contributed by atoms with Crippen molar-refractivity contribution in [2.24, 2.45) is 0 Å². The van der Waals surface area contributed by atoms with Crippen molar-refractivity contribution in [3.8, 4) is 0 Å². The van der Waals surface area contributed by atoms with Crippen LogP contribution < -0.4 is 0 Å². The number of benzene rings is 1. The minimum Gasteiger partial charge on any atom is -0.370 e. The molecule has 1 heteroatoms. The van der Waals surface area contributed by atoms with Crippen molar-refractivity contribution in [1.82, 2.24) is 0 Å². The molecule has 1 aliphatic rings. The minimum atomic E-state index is 0.486. The van der Waals surface area contributed by atoms with Gasteiger partial charge >= 0.3 is 0 Å². The Morgan fingerprint density at radius 2 is 2.00 bits per heavy atom. The van der Waals surface area contributed by atoms with Crippen LogP contribution in [0.3, 0.4) is 0 Å². The van der Waals surface area contributed by atoms with E-state index in [1.807, 2.05) is 0 Å². The van der Waals surface area contributed by atoms with Gasteiger partial charge in [0.1, 0.15) is 0 Å². The van der Waals surface area contributed by atoms with Gasteiger partial charge in [-0.2, -0.15) is 0 Å². The molecular weight excluding hydrogens is 196 g/mol. The quantitative estimate of drug-likeness (QED) is 0.696. The van der Waals surface area contributed by atoms with Crippen LogP contribution in [0.1, 0.15) is 49.3 Å². The molecule has 0 saturated carbocycles. The van der Waals surface area contributed by atoms with E-state index < -0.39 is 0 Å². The Hall–Kier alpha value is -0.820. The number of hydrogen-bond donors (Lipinski definition) is 0. The van der Waals surface area contributed by atoms with Gasteiger partial charge < -0.3 is 4.74 Å². The largest absolute Gasteiger partial charge is 0.370 e. The number of rotatable bonds is 4. The molecule has 1 aliphatic heterocycles. The van der Waals surface area contributed by atoms with Crippen molar-refractivity contribution in [3.63, 3.8) is 0 Å². The Balaban J connectivity index is 2.12. The monoisotopic (exact) mass is 218 g/mol. The molecule has 0 aliphatic carbocycles. The Labute approximate surface area is 98.8 Å². The molecule has 0 radical (unpaired) electrons. The molecule has 3 unspecified atom stereocenters. The maximum Gasteiger partial charge on any atom is 0.0844 e. The Bertz CT molecular complexity index is 370. The summed E-state index contributed by atoms with van der Waals surface area (Å²) in [6, 6.07) is 6.81. The first-order valence-corrected chi connectivity index (χ1v) is 6.34. The Morgan fingerprint density at radius 1 is 1.31 bits per heavy atom. The van der Waals surface area contributed by atoms with E-state index in [0.29, 0.717) is 18.1 Å². The van der Waals surface area contributed by atoms with Crippen LogP contribution in [0.25, 0.3) is 0 Å². The van der Waals surface area contributed by atoms with Gasteiger partial charge in [-0.15, -0.1) is 0 Å². The second-order valence-corrected chi connectivity index (χ2v) is 5.08. The lowest BCUT2D eigenvalue weighted by atomic mass is 9.88. The van der Waals surface area contributed by atoms with E-state index in [2.05, 4.69) is 45.9 Å². The van der Waals surface area contributed by atoms with Gasteiger partial charge in [-0.05, 0) is 50.7 Å². The van der Waals surface area contributed by atoms with Crippen molar-refractivity contribution in [2.75, 3.05) is 0 Å². The highest BCUT2D eigenvalue weighted by molar-refractivity contribution is 5.33. The lowest BCUT2D eigenvalue weighted by Crippen LogP contribution is -2.05. The van der Waals surface area contributed by atoms with Gasteiger partial charge in [0, 0.05) is 0 Å². The first kappa shape index (κ1) is 11.7. The first-order chi connectivity index (χ1) is 7.61. The first-order valence-electron chi connectivity index (χ1n) is 6.34. The zero-order valence-corrected chi connectivity index (χ0v) is 10.8. The molecule has 1 aromatic rings. The molecule has 0 N–H and O–H groups in total. The summed E-state index contributed by atoms with van der Waals surface area (Å²) in [4.78, 5) is 0. The molecule has 0 spiro atoms. The van der Waals surface area contributed by atoms with Crippen LogP contribution >= 0.6 is 0 Å². The van der Waals surface area contributed by atoms with Gasteiger partial charge in [0.15, 0.2) is 0 Å². The van der Waals surface area contributed by atoms with Crippen LogP contribution in [0, 0.1) is 13.8 Å². The Kier molecular flexibility index (Phi) is 3.34. The third-order valence-corrected chi connectivity index (χ3v) is 3.71. The fourth-order valence-electron chi connectivity index (χ4n) is 2.56. The highest BCUT2D eigenvalue weighted by Crippen LogP contribution is 2.35. The number of aryl methyl sites for hydroxylation is 2. The SMILES string of the molecule is CCC(CC1OC1C)c1ccc(C)cc1C. The van der Waals surface area contributed by atoms with Gasteiger partial charge in [-0.25, -0.2) is 0 Å². The van der Waals surface area contributed by atoms with Crippen molar-refractivity contribution < 1.29 is 4.74 Å². The van der Waals surface area contributed by atoms with Gasteiger partial charge in [0.05, 0.1) is 12.2 Å². The van der Waals surface area contributed by atoms with Gasteiger partial charge in [-0.3, -0.25) is 0 Å². The van der Waals surface area contributed by atoms with Crippen molar-refractivity contribution in [3.05, 3.63) is 34.9 Å². The van der Waals surface area contributed by atoms with E-state index in [1.165, 1.54) is 29.5 Å². The average Bonchev–Trinajstić information content (AvgIpc) is 2.92. The summed E-state index contributed by atoms with van der Waals surface area (Å²) in [5.41, 5.74) is 4.29. The fraction of sp³-hybridized carbons (Fsp3) is 0.600. The topological polar surface area (TPSA) is 12.5 Å². The van der Waals surface area contributed by atoms with E-state index in [9.17, 15) is 0 Å². The predicted octanol–water partition coefficient (Wildman–Crippen LogP) is 3.97. The van der Waals surface area contributed by atoms with Crippen LogP contribution in [0.4, 0.5) is 0 Å². The maximum absolute atomic E-state index is 5.53. The summed E-state index contributed by atoms with van der Waals surface area (Å²) >= 11 is 0. The molecule has 1 saturated heterocycles. The summed E-state index contributed by atoms with van der Waals surface area (Å²) in [6.07, 6.45) is 3.38. The molecule has 1 nitrogen and oxygen atoms in total. The van der Waals surface area contributed by atoms with E-state index >= 15 is 0 Å². The molecule has 1 aromatic carbocycles. The third kappa shape index (κ3) is 2.46. The lowest BCUT2D eigenvalue weighted by molar-refractivity contribution is 0.357. The molecule has 3 atom stereocenters. The van der Waals surface area contributed by atoms with E-state index in [1.54, 1.807) is 0 Å². The molecule has 88 valence electrons. The second-order valence-electron chi connectivity index (χ2n) is 5.08. The molecule has 0 aromatic heterocycles. The van der Waals surface area contributed by atoms with Crippen LogP contribution in [0.2, 0.25) is 0 Å². The van der Waals surface area contributed by atoms with Gasteiger partial charge in [0.2, 0.25) is 0 Å². The van der Waals surface area contributed by atoms with E-state index in [-0.39, 0.29) is 0 Å². The molecule has 2 rings (SSSR count). The summed E-state index contributed by atoms with van der Waals surface area (Å²) in [5.74, 6) is 0.663. The standard InChI is InChI=1S/C15H22O/c1-5-13(9-15-12(4)16-15)14-7-6-10(2)8-11(14)3/h6-8,12-13,15H,5,9H2,1-4H3. The van der Waals surface area contributed by atoms with Crippen molar-refractivity contribution >= 4 is 0 Å². The van der Waals surface area contributed by atoms with E-state index in [4.69, 9.17) is 4.74 Å². The smallest absolute Gasteiger partial charge is 0.0844 e. The highest BCUT2D eigenvalue weighted by atomic mass is 16.6. The molecule has 1 heterocycles. The average molecular weight is 218 g/mol. The van der Waals surface area contributed by atoms with Crippen molar-refractivity contribution in [2.45, 2.75) is 58.7 Å². The number of hydrogen-bond acceptors (Lipinski definition) is 1. The van der Waals surface area contributed by atoms with Gasteiger partial charge in [0.25, 0.3) is 0 Å². The van der Waals surface area contributed by atoms with Crippen LogP contribution in [0.5, 0.6) is 0 Å². The zero-order chi connectivity index (χ0) is 11.7. The highest BCUT2D eigenvalue weighted by Gasteiger charge is 2.36. The number of epoxide rings is 1. The molecule has 1 fully saturated rings. The summed E-state index contributed by atoms with van der Waals surface area (Å²) in [5, 5.41) is 0. The van der Waals surface area contributed by atoms with Crippen molar-refractivity contribution in [1.29, 1.82) is 0 Å². The third-order valence-electron chi connectivity index (χ3n) is 3.71. The predicted molar refractivity (Wildman–Crippen MR) is 67.9 cm³/mol. The van der Waals surface area contributed by atoms with E-state index in [0.717, 1.165) is 0 Å². The summed E-state index contributed by atoms with van der Waals surface area (Å²) in [6.45, 7) is 8.82. The molecular formula is C15H22O. The van der Waals surface area contributed by atoms with Crippen LogP contribution in [0.15, 0.2) is 18.2 Å². The zero-order valence-electron chi connectivity index (χ0n) is 10.8. The fourth-order valence-corrected chi connectivity index (χ4v) is 2.56. The molecule has 16 heavy (non-hydrogen) atoms. The van der Waals surface area contributed by atoms with Crippen LogP contribution in [-0.2, 0) is 4.74 Å². The molecule has 0 amide bonds. The molecule has 0 bridgehead atoms. The summed E-state index contributed by atoms with van der Waals surface area (Å²) in [7, 11) is 0. The lowest BCUT2D eigenvalue weighted by Gasteiger charge is -2.17.